The van der Waals surface area contributed by atoms with Crippen LogP contribution in [0, 0.1) is 13.8 Å². The van der Waals surface area contributed by atoms with Crippen LogP contribution in [0.25, 0.3) is 11.5 Å². The zero-order valence-electron chi connectivity index (χ0n) is 11.7. The normalized spacial score (nSPS) is 10.6. The first-order chi connectivity index (χ1) is 10.1. The number of pyridine rings is 2. The number of nitrogens with two attached hydrogens (primary N) is 1. The van der Waals surface area contributed by atoms with Crippen LogP contribution >= 0.6 is 11.5 Å². The Labute approximate surface area is 126 Å². The number of hydrogen-bond donors (Lipinski definition) is 2. The van der Waals surface area contributed by atoms with Crippen molar-refractivity contribution in [2.75, 3.05) is 11.1 Å². The number of rotatable bonds is 3. The van der Waals surface area contributed by atoms with Gasteiger partial charge in [0.1, 0.15) is 5.69 Å². The summed E-state index contributed by atoms with van der Waals surface area (Å²) < 4.78 is 4.31. The van der Waals surface area contributed by atoms with Crippen molar-refractivity contribution >= 4 is 28.2 Å². The molecule has 3 rings (SSSR count). The summed E-state index contributed by atoms with van der Waals surface area (Å²) in [6.45, 7) is 3.94. The van der Waals surface area contributed by atoms with Crippen molar-refractivity contribution in [1.29, 1.82) is 0 Å². The summed E-state index contributed by atoms with van der Waals surface area (Å²) in [6.07, 6.45) is 3.46. The Hall–Kier alpha value is -2.54. The maximum absolute atomic E-state index is 5.99. The summed E-state index contributed by atoms with van der Waals surface area (Å²) in [6, 6.07) is 5.75. The van der Waals surface area contributed by atoms with Gasteiger partial charge in [0.2, 0.25) is 5.13 Å². The van der Waals surface area contributed by atoms with E-state index < -0.39 is 0 Å². The standard InChI is InChI=1S/C14H14N6S/c1-8-3-5-16-10(7-8)12-18-14(21-20-12)19-13-11(15)9(2)4-6-17-13/h3-7H,15H2,1-2H3,(H,17,18,19,20). The van der Waals surface area contributed by atoms with Gasteiger partial charge in [-0.05, 0) is 43.2 Å². The van der Waals surface area contributed by atoms with Gasteiger partial charge >= 0.3 is 0 Å². The molecule has 0 atom stereocenters. The Morgan fingerprint density at radius 3 is 2.76 bits per heavy atom. The molecule has 3 aromatic rings. The number of anilines is 3. The molecule has 0 aliphatic carbocycles. The van der Waals surface area contributed by atoms with Crippen LogP contribution in [-0.4, -0.2) is 19.3 Å². The largest absolute Gasteiger partial charge is 0.396 e. The van der Waals surface area contributed by atoms with Crippen molar-refractivity contribution in [3.63, 3.8) is 0 Å². The Bertz CT molecular complexity index is 783. The quantitative estimate of drug-likeness (QED) is 0.772. The van der Waals surface area contributed by atoms with Crippen molar-refractivity contribution < 1.29 is 0 Å². The molecule has 106 valence electrons. The summed E-state index contributed by atoms with van der Waals surface area (Å²) >= 11 is 1.25. The van der Waals surface area contributed by atoms with Crippen LogP contribution < -0.4 is 11.1 Å². The Kier molecular flexibility index (Phi) is 3.49. The smallest absolute Gasteiger partial charge is 0.208 e. The van der Waals surface area contributed by atoms with E-state index >= 15 is 0 Å². The summed E-state index contributed by atoms with van der Waals surface area (Å²) in [5, 5.41) is 3.74. The van der Waals surface area contributed by atoms with Gasteiger partial charge in [-0.25, -0.2) is 4.98 Å². The van der Waals surface area contributed by atoms with Crippen LogP contribution in [0.3, 0.4) is 0 Å². The van der Waals surface area contributed by atoms with E-state index in [0.29, 0.717) is 22.5 Å². The summed E-state index contributed by atoms with van der Waals surface area (Å²) in [4.78, 5) is 12.9. The van der Waals surface area contributed by atoms with Gasteiger partial charge in [0.15, 0.2) is 11.6 Å². The van der Waals surface area contributed by atoms with Crippen LogP contribution in [0.1, 0.15) is 11.1 Å². The molecule has 0 aliphatic heterocycles. The van der Waals surface area contributed by atoms with Gasteiger partial charge < -0.3 is 11.1 Å². The Morgan fingerprint density at radius 2 is 1.95 bits per heavy atom. The molecule has 0 aliphatic rings. The van der Waals surface area contributed by atoms with Gasteiger partial charge in [0.05, 0.1) is 5.69 Å². The second kappa shape index (κ2) is 5.45. The first kappa shape index (κ1) is 13.4. The van der Waals surface area contributed by atoms with E-state index in [4.69, 9.17) is 5.73 Å². The SMILES string of the molecule is Cc1ccnc(-c2nsc(Nc3nccc(C)c3N)n2)c1. The third kappa shape index (κ3) is 2.82. The van der Waals surface area contributed by atoms with E-state index in [1.165, 1.54) is 11.5 Å². The van der Waals surface area contributed by atoms with Gasteiger partial charge in [-0.1, -0.05) is 0 Å². The molecule has 0 spiro atoms. The Balaban J connectivity index is 1.87. The molecule has 0 saturated heterocycles. The van der Waals surface area contributed by atoms with Gasteiger partial charge in [0, 0.05) is 23.9 Å². The number of nitrogens with zero attached hydrogens (tertiary/aromatic N) is 4. The highest BCUT2D eigenvalue weighted by atomic mass is 32.1. The van der Waals surface area contributed by atoms with Crippen LogP contribution in [0.5, 0.6) is 0 Å². The topological polar surface area (TPSA) is 89.6 Å². The number of hydrogen-bond acceptors (Lipinski definition) is 7. The van der Waals surface area contributed by atoms with E-state index in [0.717, 1.165) is 16.8 Å². The zero-order valence-corrected chi connectivity index (χ0v) is 12.5. The van der Waals surface area contributed by atoms with Crippen molar-refractivity contribution in [2.24, 2.45) is 0 Å². The molecule has 21 heavy (non-hydrogen) atoms. The fourth-order valence-corrected chi connectivity index (χ4v) is 2.38. The lowest BCUT2D eigenvalue weighted by Gasteiger charge is -2.06. The monoisotopic (exact) mass is 298 g/mol. The van der Waals surface area contributed by atoms with E-state index in [9.17, 15) is 0 Å². The molecule has 3 N–H and O–H groups in total. The first-order valence-electron chi connectivity index (χ1n) is 6.38. The minimum absolute atomic E-state index is 0.593. The van der Waals surface area contributed by atoms with E-state index in [1.807, 2.05) is 32.0 Å². The maximum atomic E-state index is 5.99. The zero-order chi connectivity index (χ0) is 14.8. The molecule has 0 radical (unpaired) electrons. The molecule has 0 bridgehead atoms. The number of nitrogen functional groups attached to an aromatic ring is 1. The van der Waals surface area contributed by atoms with Crippen LogP contribution in [0.4, 0.5) is 16.6 Å². The van der Waals surface area contributed by atoms with Crippen LogP contribution in [-0.2, 0) is 0 Å². The molecule has 0 fully saturated rings. The highest BCUT2D eigenvalue weighted by Gasteiger charge is 2.10. The fourth-order valence-electron chi connectivity index (χ4n) is 1.81. The highest BCUT2D eigenvalue weighted by Crippen LogP contribution is 2.26. The van der Waals surface area contributed by atoms with Crippen molar-refractivity contribution in [2.45, 2.75) is 13.8 Å². The van der Waals surface area contributed by atoms with E-state index in [-0.39, 0.29) is 0 Å². The fraction of sp³-hybridized carbons (Fsp3) is 0.143. The number of aromatic nitrogens is 4. The average molecular weight is 298 g/mol. The molecular weight excluding hydrogens is 284 g/mol. The average Bonchev–Trinajstić information content (AvgIpc) is 2.93. The van der Waals surface area contributed by atoms with Crippen molar-refractivity contribution in [1.82, 2.24) is 19.3 Å². The molecule has 3 aromatic heterocycles. The van der Waals surface area contributed by atoms with Crippen LogP contribution in [0.15, 0.2) is 30.6 Å². The van der Waals surface area contributed by atoms with Crippen LogP contribution in [0.2, 0.25) is 0 Å². The predicted molar refractivity (Wildman–Crippen MR) is 84.5 cm³/mol. The summed E-state index contributed by atoms with van der Waals surface area (Å²) in [5.41, 5.74) is 9.44. The van der Waals surface area contributed by atoms with Gasteiger partial charge in [-0.2, -0.15) is 9.36 Å². The first-order valence-corrected chi connectivity index (χ1v) is 7.15. The molecular formula is C14H14N6S. The van der Waals surface area contributed by atoms with E-state index in [1.54, 1.807) is 12.4 Å². The number of nitrogens with one attached hydrogen (secondary N) is 1. The van der Waals surface area contributed by atoms with Crippen molar-refractivity contribution in [3.8, 4) is 11.5 Å². The summed E-state index contributed by atoms with van der Waals surface area (Å²) in [5.74, 6) is 1.19. The molecule has 0 amide bonds. The minimum atomic E-state index is 0.593. The highest BCUT2D eigenvalue weighted by molar-refractivity contribution is 7.09. The van der Waals surface area contributed by atoms with Crippen molar-refractivity contribution in [3.05, 3.63) is 41.7 Å². The molecule has 7 heteroatoms. The van der Waals surface area contributed by atoms with Gasteiger partial charge in [-0.15, -0.1) is 0 Å². The maximum Gasteiger partial charge on any atom is 0.208 e. The van der Waals surface area contributed by atoms with Gasteiger partial charge in [0.25, 0.3) is 0 Å². The second-order valence-corrected chi connectivity index (χ2v) is 5.41. The molecule has 0 saturated carbocycles. The molecule has 0 unspecified atom stereocenters. The molecule has 3 heterocycles. The molecule has 0 aromatic carbocycles. The molecule has 6 nitrogen and oxygen atoms in total. The number of aryl methyl sites for hydroxylation is 2. The second-order valence-electron chi connectivity index (χ2n) is 4.66. The lowest BCUT2D eigenvalue weighted by Crippen LogP contribution is -2.00. The van der Waals surface area contributed by atoms with E-state index in [2.05, 4.69) is 24.6 Å². The third-order valence-electron chi connectivity index (χ3n) is 3.00. The van der Waals surface area contributed by atoms with Gasteiger partial charge in [-0.3, -0.25) is 4.98 Å². The lowest BCUT2D eigenvalue weighted by atomic mass is 10.2. The summed E-state index contributed by atoms with van der Waals surface area (Å²) in [7, 11) is 0. The Morgan fingerprint density at radius 1 is 1.14 bits per heavy atom. The lowest BCUT2D eigenvalue weighted by molar-refractivity contribution is 1.21. The minimum Gasteiger partial charge on any atom is -0.396 e. The predicted octanol–water partition coefficient (Wildman–Crippen LogP) is 2.94. The third-order valence-corrected chi connectivity index (χ3v) is 3.63.